The molecule has 78 valence electrons. The fourth-order valence-electron chi connectivity index (χ4n) is 1.70. The number of fused-ring (bicyclic) bond motifs is 1. The van der Waals surface area contributed by atoms with Gasteiger partial charge >= 0.3 is 0 Å². The third-order valence-corrected chi connectivity index (χ3v) is 3.21. The van der Waals surface area contributed by atoms with Crippen LogP contribution in [0, 0.1) is 6.92 Å². The second kappa shape index (κ2) is 4.15. The molecule has 0 aliphatic rings. The quantitative estimate of drug-likeness (QED) is 0.707. The zero-order valence-corrected chi connectivity index (χ0v) is 10.0. The number of benzene rings is 2. The van der Waals surface area contributed by atoms with E-state index in [4.69, 9.17) is 4.74 Å². The van der Waals surface area contributed by atoms with Crippen molar-refractivity contribution in [2.75, 3.05) is 13.4 Å². The van der Waals surface area contributed by atoms with Crippen LogP contribution < -0.4 is 4.74 Å². The van der Waals surface area contributed by atoms with Gasteiger partial charge in [-0.3, -0.25) is 0 Å². The number of hydrogen-bond donors (Lipinski definition) is 0. The summed E-state index contributed by atoms with van der Waals surface area (Å²) in [7, 11) is 1.72. The minimum Gasteiger partial charge on any atom is -0.496 e. The summed E-state index contributed by atoms with van der Waals surface area (Å²) in [6, 6.07) is 10.7. The van der Waals surface area contributed by atoms with Crippen LogP contribution in [-0.2, 0) is 0 Å². The summed E-state index contributed by atoms with van der Waals surface area (Å²) in [4.78, 5) is 1.24. The molecule has 0 spiro atoms. The van der Waals surface area contributed by atoms with Crippen molar-refractivity contribution in [1.29, 1.82) is 0 Å². The zero-order valence-electron chi connectivity index (χ0n) is 9.20. The highest BCUT2D eigenvalue weighted by Gasteiger charge is 2.04. The van der Waals surface area contributed by atoms with Crippen LogP contribution >= 0.6 is 11.8 Å². The number of ether oxygens (including phenoxy) is 1. The first-order valence-corrected chi connectivity index (χ1v) is 6.09. The lowest BCUT2D eigenvalue weighted by atomic mass is 10.1. The molecule has 2 aromatic rings. The van der Waals surface area contributed by atoms with Crippen molar-refractivity contribution < 1.29 is 4.74 Å². The monoisotopic (exact) mass is 218 g/mol. The summed E-state index contributed by atoms with van der Waals surface area (Å²) < 4.78 is 5.41. The Labute approximate surface area is 94.4 Å². The summed E-state index contributed by atoms with van der Waals surface area (Å²) in [6.07, 6.45) is 2.08. The second-order valence-electron chi connectivity index (χ2n) is 3.55. The predicted octanol–water partition coefficient (Wildman–Crippen LogP) is 3.88. The van der Waals surface area contributed by atoms with E-state index in [1.165, 1.54) is 21.2 Å². The Morgan fingerprint density at radius 3 is 2.60 bits per heavy atom. The van der Waals surface area contributed by atoms with Crippen molar-refractivity contribution in [2.24, 2.45) is 0 Å². The maximum atomic E-state index is 5.41. The first kappa shape index (κ1) is 10.4. The van der Waals surface area contributed by atoms with E-state index < -0.39 is 0 Å². The molecular weight excluding hydrogens is 204 g/mol. The van der Waals surface area contributed by atoms with E-state index in [-0.39, 0.29) is 0 Å². The normalized spacial score (nSPS) is 10.6. The molecule has 0 amide bonds. The van der Waals surface area contributed by atoms with Gasteiger partial charge < -0.3 is 4.74 Å². The van der Waals surface area contributed by atoms with Gasteiger partial charge in [-0.05, 0) is 36.8 Å². The molecule has 0 saturated heterocycles. The number of hydrogen-bond acceptors (Lipinski definition) is 2. The first-order valence-electron chi connectivity index (χ1n) is 4.87. The summed E-state index contributed by atoms with van der Waals surface area (Å²) in [6.45, 7) is 2.10. The Kier molecular flexibility index (Phi) is 2.87. The molecule has 0 fully saturated rings. The SMILES string of the molecule is COc1cc(SC)cc2ccc(C)cc12. The lowest BCUT2D eigenvalue weighted by Gasteiger charge is -2.08. The summed E-state index contributed by atoms with van der Waals surface area (Å²) in [5.41, 5.74) is 1.26. The van der Waals surface area contributed by atoms with Crippen LogP contribution in [0.15, 0.2) is 35.2 Å². The lowest BCUT2D eigenvalue weighted by molar-refractivity contribution is 0.419. The third-order valence-electron chi connectivity index (χ3n) is 2.50. The number of rotatable bonds is 2. The Balaban J connectivity index is 2.75. The van der Waals surface area contributed by atoms with Crippen molar-refractivity contribution in [1.82, 2.24) is 0 Å². The van der Waals surface area contributed by atoms with Gasteiger partial charge in [-0.25, -0.2) is 0 Å². The highest BCUT2D eigenvalue weighted by molar-refractivity contribution is 7.98. The molecule has 2 rings (SSSR count). The molecule has 0 heterocycles. The van der Waals surface area contributed by atoms with Crippen LogP contribution in [0.4, 0.5) is 0 Å². The first-order chi connectivity index (χ1) is 7.24. The van der Waals surface area contributed by atoms with E-state index >= 15 is 0 Å². The Hall–Kier alpha value is -1.15. The van der Waals surface area contributed by atoms with E-state index in [9.17, 15) is 0 Å². The average Bonchev–Trinajstić information content (AvgIpc) is 2.27. The molecule has 0 bridgehead atoms. The molecule has 0 aliphatic heterocycles. The van der Waals surface area contributed by atoms with Crippen molar-refractivity contribution in [3.63, 3.8) is 0 Å². The molecule has 2 heteroatoms. The van der Waals surface area contributed by atoms with E-state index in [0.717, 1.165) is 5.75 Å². The van der Waals surface area contributed by atoms with Gasteiger partial charge in [0.1, 0.15) is 5.75 Å². The molecule has 0 aromatic heterocycles. The van der Waals surface area contributed by atoms with E-state index in [1.807, 2.05) is 0 Å². The zero-order chi connectivity index (χ0) is 10.8. The summed E-state index contributed by atoms with van der Waals surface area (Å²) in [5, 5.41) is 2.43. The minimum atomic E-state index is 0.959. The minimum absolute atomic E-state index is 0.959. The molecular formula is C13H14OS. The summed E-state index contributed by atoms with van der Waals surface area (Å²) >= 11 is 1.74. The van der Waals surface area contributed by atoms with Gasteiger partial charge in [-0.15, -0.1) is 11.8 Å². The molecule has 0 N–H and O–H groups in total. The molecule has 2 aromatic carbocycles. The fourth-order valence-corrected chi connectivity index (χ4v) is 2.17. The van der Waals surface area contributed by atoms with E-state index in [2.05, 4.69) is 43.5 Å². The van der Waals surface area contributed by atoms with E-state index in [1.54, 1.807) is 18.9 Å². The Bertz CT molecular complexity index is 491. The molecule has 0 aliphatic carbocycles. The van der Waals surface area contributed by atoms with Crippen LogP contribution in [0.1, 0.15) is 5.56 Å². The Morgan fingerprint density at radius 2 is 1.93 bits per heavy atom. The largest absolute Gasteiger partial charge is 0.496 e. The molecule has 0 saturated carbocycles. The van der Waals surface area contributed by atoms with Crippen molar-refractivity contribution >= 4 is 22.5 Å². The van der Waals surface area contributed by atoms with Gasteiger partial charge in [0.25, 0.3) is 0 Å². The van der Waals surface area contributed by atoms with Gasteiger partial charge in [-0.2, -0.15) is 0 Å². The molecule has 0 atom stereocenters. The van der Waals surface area contributed by atoms with Crippen LogP contribution in [0.3, 0.4) is 0 Å². The fraction of sp³-hybridized carbons (Fsp3) is 0.231. The van der Waals surface area contributed by atoms with Gasteiger partial charge in [0.05, 0.1) is 7.11 Å². The average molecular weight is 218 g/mol. The topological polar surface area (TPSA) is 9.23 Å². The second-order valence-corrected chi connectivity index (χ2v) is 4.43. The third kappa shape index (κ3) is 1.95. The standard InChI is InChI=1S/C13H14OS/c1-9-4-5-10-7-11(15-3)8-13(14-2)12(10)6-9/h4-8H,1-3H3. The highest BCUT2D eigenvalue weighted by atomic mass is 32.2. The van der Waals surface area contributed by atoms with Crippen LogP contribution in [-0.4, -0.2) is 13.4 Å². The van der Waals surface area contributed by atoms with Gasteiger partial charge in [0.2, 0.25) is 0 Å². The highest BCUT2D eigenvalue weighted by Crippen LogP contribution is 2.31. The van der Waals surface area contributed by atoms with Gasteiger partial charge in [0, 0.05) is 10.3 Å². The van der Waals surface area contributed by atoms with Crippen molar-refractivity contribution in [3.8, 4) is 5.75 Å². The number of methoxy groups -OCH3 is 1. The number of aryl methyl sites for hydroxylation is 1. The van der Waals surface area contributed by atoms with Gasteiger partial charge in [-0.1, -0.05) is 17.7 Å². The lowest BCUT2D eigenvalue weighted by Crippen LogP contribution is -1.86. The molecule has 1 nitrogen and oxygen atoms in total. The predicted molar refractivity (Wildman–Crippen MR) is 67.0 cm³/mol. The van der Waals surface area contributed by atoms with Gasteiger partial charge in [0.15, 0.2) is 0 Å². The molecule has 15 heavy (non-hydrogen) atoms. The smallest absolute Gasteiger partial charge is 0.127 e. The number of thioether (sulfide) groups is 1. The molecule has 0 radical (unpaired) electrons. The van der Waals surface area contributed by atoms with Crippen LogP contribution in [0.5, 0.6) is 5.75 Å². The van der Waals surface area contributed by atoms with E-state index in [0.29, 0.717) is 0 Å². The maximum absolute atomic E-state index is 5.41. The van der Waals surface area contributed by atoms with Crippen LogP contribution in [0.25, 0.3) is 10.8 Å². The Morgan fingerprint density at radius 1 is 1.13 bits per heavy atom. The summed E-state index contributed by atoms with van der Waals surface area (Å²) in [5.74, 6) is 0.959. The van der Waals surface area contributed by atoms with Crippen molar-refractivity contribution in [2.45, 2.75) is 11.8 Å². The van der Waals surface area contributed by atoms with Crippen molar-refractivity contribution in [3.05, 3.63) is 35.9 Å². The molecule has 0 unspecified atom stereocenters. The van der Waals surface area contributed by atoms with Crippen LogP contribution in [0.2, 0.25) is 0 Å². The maximum Gasteiger partial charge on any atom is 0.127 e.